The van der Waals surface area contributed by atoms with Crippen LogP contribution in [0.1, 0.15) is 11.1 Å². The maximum Gasteiger partial charge on any atom is 0.471 e. The highest BCUT2D eigenvalue weighted by Gasteiger charge is 2.42. The van der Waals surface area contributed by atoms with Gasteiger partial charge >= 0.3 is 12.1 Å². The molecule has 0 saturated carbocycles. The molecule has 0 heterocycles. The Morgan fingerprint density at radius 3 is 2.11 bits per heavy atom. The zero-order chi connectivity index (χ0) is 13.9. The Balaban J connectivity index is 3.15. The summed E-state index contributed by atoms with van der Waals surface area (Å²) >= 11 is 0. The first-order valence-corrected chi connectivity index (χ1v) is 5.42. The van der Waals surface area contributed by atoms with Gasteiger partial charge in [0, 0.05) is 18.8 Å². The Kier molecular flexibility index (Phi) is 4.34. The molecule has 0 saturated heterocycles. The zero-order valence-electron chi connectivity index (χ0n) is 10.2. The van der Waals surface area contributed by atoms with E-state index in [1.165, 1.54) is 12.1 Å². The molecule has 0 unspecified atom stereocenters. The molecule has 0 atom stereocenters. The molecule has 6 heteroatoms. The van der Waals surface area contributed by atoms with Gasteiger partial charge in [-0.3, -0.25) is 4.79 Å². The lowest BCUT2D eigenvalue weighted by Gasteiger charge is -2.24. The summed E-state index contributed by atoms with van der Waals surface area (Å²) < 4.78 is 37.4. The summed E-state index contributed by atoms with van der Waals surface area (Å²) in [5.74, 6) is -1.89. The molecule has 100 valence electrons. The van der Waals surface area contributed by atoms with E-state index in [0.29, 0.717) is 4.90 Å². The van der Waals surface area contributed by atoms with Crippen molar-refractivity contribution in [1.82, 2.24) is 0 Å². The van der Waals surface area contributed by atoms with E-state index in [9.17, 15) is 18.0 Å². The van der Waals surface area contributed by atoms with Crippen LogP contribution in [0.4, 0.5) is 18.9 Å². The van der Waals surface area contributed by atoms with Crippen LogP contribution in [-0.4, -0.2) is 25.2 Å². The van der Waals surface area contributed by atoms with Gasteiger partial charge in [0.25, 0.3) is 0 Å². The van der Waals surface area contributed by atoms with Gasteiger partial charge in [0.05, 0.1) is 0 Å². The topological polar surface area (TPSA) is 46.3 Å². The number of hydrogen-bond donors (Lipinski definition) is 1. The molecule has 1 amide bonds. The number of hydrogen-bond acceptors (Lipinski definition) is 2. The Hall–Kier alpha value is -1.56. The summed E-state index contributed by atoms with van der Waals surface area (Å²) in [4.78, 5) is 12.0. The van der Waals surface area contributed by atoms with Crippen molar-refractivity contribution in [2.24, 2.45) is 5.73 Å². The number of carbonyl (C=O) groups excluding carboxylic acids is 1. The van der Waals surface area contributed by atoms with Crippen LogP contribution in [0.25, 0.3) is 0 Å². The zero-order valence-corrected chi connectivity index (χ0v) is 10.2. The van der Waals surface area contributed by atoms with Gasteiger partial charge in [0.1, 0.15) is 0 Å². The Bertz CT molecular complexity index is 423. The highest BCUT2D eigenvalue weighted by Crippen LogP contribution is 2.25. The summed E-state index contributed by atoms with van der Waals surface area (Å²) in [5.41, 5.74) is 7.07. The third-order valence-corrected chi connectivity index (χ3v) is 2.36. The summed E-state index contributed by atoms with van der Waals surface area (Å²) in [6.45, 7) is 3.32. The third kappa shape index (κ3) is 3.46. The van der Waals surface area contributed by atoms with E-state index in [0.717, 1.165) is 11.1 Å². The lowest BCUT2D eigenvalue weighted by Crippen LogP contribution is -2.43. The van der Waals surface area contributed by atoms with E-state index in [1.54, 1.807) is 13.8 Å². The molecular formula is C12H15F3N2O. The van der Waals surface area contributed by atoms with E-state index in [1.807, 2.05) is 6.07 Å². The summed E-state index contributed by atoms with van der Waals surface area (Å²) in [6.07, 6.45) is -4.90. The lowest BCUT2D eigenvalue weighted by atomic mass is 10.1. The van der Waals surface area contributed by atoms with Crippen molar-refractivity contribution < 1.29 is 18.0 Å². The number of carbonyl (C=O) groups is 1. The number of nitrogens with two attached hydrogens (primary N) is 1. The molecular weight excluding hydrogens is 245 g/mol. The minimum Gasteiger partial charge on any atom is -0.329 e. The highest BCUT2D eigenvalue weighted by atomic mass is 19.4. The molecule has 1 aromatic rings. The number of halogens is 3. The number of benzene rings is 1. The van der Waals surface area contributed by atoms with Crippen molar-refractivity contribution in [1.29, 1.82) is 0 Å². The van der Waals surface area contributed by atoms with Crippen LogP contribution in [0.5, 0.6) is 0 Å². The van der Waals surface area contributed by atoms with Crippen molar-refractivity contribution in [2.75, 3.05) is 18.0 Å². The standard InChI is InChI=1S/C12H15F3N2O/c1-8-5-9(2)7-10(6-8)17(4-3-16)11(18)12(13,14)15/h5-7H,3-4,16H2,1-2H3. The fourth-order valence-electron chi connectivity index (χ4n) is 1.74. The minimum absolute atomic E-state index is 0.0329. The van der Waals surface area contributed by atoms with Crippen LogP contribution in [0, 0.1) is 13.8 Å². The average molecular weight is 260 g/mol. The van der Waals surface area contributed by atoms with Gasteiger partial charge in [-0.2, -0.15) is 13.2 Å². The second-order valence-corrected chi connectivity index (χ2v) is 4.09. The van der Waals surface area contributed by atoms with Crippen molar-refractivity contribution in [3.05, 3.63) is 29.3 Å². The number of amides is 1. The number of rotatable bonds is 3. The molecule has 1 aromatic carbocycles. The molecule has 0 aliphatic heterocycles. The van der Waals surface area contributed by atoms with Gasteiger partial charge in [-0.25, -0.2) is 0 Å². The Morgan fingerprint density at radius 2 is 1.72 bits per heavy atom. The van der Waals surface area contributed by atoms with E-state index >= 15 is 0 Å². The van der Waals surface area contributed by atoms with Crippen LogP contribution in [0.15, 0.2) is 18.2 Å². The van der Waals surface area contributed by atoms with E-state index in [4.69, 9.17) is 5.73 Å². The van der Waals surface area contributed by atoms with Gasteiger partial charge in [-0.05, 0) is 37.1 Å². The molecule has 2 N–H and O–H groups in total. The van der Waals surface area contributed by atoms with Gasteiger partial charge in [0.2, 0.25) is 0 Å². The van der Waals surface area contributed by atoms with Crippen molar-refractivity contribution in [3.63, 3.8) is 0 Å². The SMILES string of the molecule is Cc1cc(C)cc(N(CCN)C(=O)C(F)(F)F)c1. The Morgan fingerprint density at radius 1 is 1.22 bits per heavy atom. The second kappa shape index (κ2) is 5.39. The fraction of sp³-hybridized carbons (Fsp3) is 0.417. The van der Waals surface area contributed by atoms with Crippen molar-refractivity contribution in [3.8, 4) is 0 Å². The first-order chi connectivity index (χ1) is 8.25. The van der Waals surface area contributed by atoms with Crippen LogP contribution >= 0.6 is 0 Å². The smallest absolute Gasteiger partial charge is 0.329 e. The summed E-state index contributed by atoms with van der Waals surface area (Å²) in [6, 6.07) is 4.89. The van der Waals surface area contributed by atoms with Crippen LogP contribution in [-0.2, 0) is 4.79 Å². The molecule has 0 spiro atoms. The van der Waals surface area contributed by atoms with Gasteiger partial charge < -0.3 is 10.6 Å². The normalized spacial score (nSPS) is 11.4. The summed E-state index contributed by atoms with van der Waals surface area (Å²) in [7, 11) is 0. The maximum absolute atomic E-state index is 12.5. The molecule has 0 aliphatic carbocycles. The second-order valence-electron chi connectivity index (χ2n) is 4.09. The first-order valence-electron chi connectivity index (χ1n) is 5.42. The van der Waals surface area contributed by atoms with E-state index < -0.39 is 12.1 Å². The molecule has 0 aromatic heterocycles. The van der Waals surface area contributed by atoms with Gasteiger partial charge in [-0.1, -0.05) is 6.07 Å². The van der Waals surface area contributed by atoms with Crippen molar-refractivity contribution in [2.45, 2.75) is 20.0 Å². The van der Waals surface area contributed by atoms with Gasteiger partial charge in [-0.15, -0.1) is 0 Å². The maximum atomic E-state index is 12.5. The molecule has 3 nitrogen and oxygen atoms in total. The number of nitrogens with zero attached hydrogens (tertiary/aromatic N) is 1. The van der Waals surface area contributed by atoms with E-state index in [2.05, 4.69) is 0 Å². The Labute approximate surface area is 103 Å². The van der Waals surface area contributed by atoms with Crippen LogP contribution in [0.2, 0.25) is 0 Å². The van der Waals surface area contributed by atoms with Crippen molar-refractivity contribution >= 4 is 11.6 Å². The lowest BCUT2D eigenvalue weighted by molar-refractivity contribution is -0.170. The predicted molar refractivity (Wildman–Crippen MR) is 63.4 cm³/mol. The molecule has 0 bridgehead atoms. The fourth-order valence-corrected chi connectivity index (χ4v) is 1.74. The largest absolute Gasteiger partial charge is 0.471 e. The molecule has 0 fully saturated rings. The third-order valence-electron chi connectivity index (χ3n) is 2.36. The first kappa shape index (κ1) is 14.5. The molecule has 0 radical (unpaired) electrons. The van der Waals surface area contributed by atoms with E-state index in [-0.39, 0.29) is 18.8 Å². The quantitative estimate of drug-likeness (QED) is 0.905. The average Bonchev–Trinajstić information content (AvgIpc) is 2.22. The van der Waals surface area contributed by atoms with Crippen LogP contribution in [0.3, 0.4) is 0 Å². The molecule has 0 aliphatic rings. The highest BCUT2D eigenvalue weighted by molar-refractivity contribution is 5.97. The number of anilines is 1. The number of aryl methyl sites for hydroxylation is 2. The van der Waals surface area contributed by atoms with Crippen LogP contribution < -0.4 is 10.6 Å². The molecule has 18 heavy (non-hydrogen) atoms. The van der Waals surface area contributed by atoms with Gasteiger partial charge in [0.15, 0.2) is 0 Å². The number of alkyl halides is 3. The minimum atomic E-state index is -4.90. The molecule has 1 rings (SSSR count). The predicted octanol–water partition coefficient (Wildman–Crippen LogP) is 2.16. The summed E-state index contributed by atoms with van der Waals surface area (Å²) in [5, 5.41) is 0. The monoisotopic (exact) mass is 260 g/mol.